The van der Waals surface area contributed by atoms with Gasteiger partial charge in [0.05, 0.1) is 7.14 Å². The molecule has 11 rings (SSSR count). The molecule has 2 N–H and O–H groups in total. The summed E-state index contributed by atoms with van der Waals surface area (Å²) >= 11 is 9.15. The van der Waals surface area contributed by atoms with Gasteiger partial charge < -0.3 is 10.2 Å². The van der Waals surface area contributed by atoms with E-state index in [4.69, 9.17) is 0 Å². The Morgan fingerprint density at radius 1 is 0.278 bits per heavy atom. The van der Waals surface area contributed by atoms with Gasteiger partial charge in [0.15, 0.2) is 0 Å². The number of benzene rings is 11. The Balaban J connectivity index is 0.000000208. The standard InChI is InChI=1S/C31H20I2O.C27H18I2O.4C2H6/c32-23-17-28(31(34)29(33)18-23)30(25-13-5-10-19-7-3-4-12-24(19)25)26-14-6-11-22-15-20-8-1-2-9-21(20)16-27(22)26;28-21-15-24(27(30)25(29)16-21)26(17-7-2-1-3-8-17)22-12-6-11-20-13-18-9-4-5-10-19(18)14-23(20)22;4*1-2/h1-18,30,34H;1-16,26,30H;4*1-2H3. The van der Waals surface area contributed by atoms with Gasteiger partial charge in [-0.3, -0.25) is 0 Å². The van der Waals surface area contributed by atoms with Gasteiger partial charge in [-0.1, -0.05) is 213 Å². The Hall–Kier alpha value is -4.76. The van der Waals surface area contributed by atoms with Gasteiger partial charge >= 0.3 is 0 Å². The normalized spacial score (nSPS) is 11.3. The van der Waals surface area contributed by atoms with Crippen LogP contribution in [0.25, 0.3) is 53.9 Å². The van der Waals surface area contributed by atoms with E-state index in [0.29, 0.717) is 11.5 Å². The summed E-state index contributed by atoms with van der Waals surface area (Å²) in [6, 6.07) is 72.9. The van der Waals surface area contributed by atoms with Crippen LogP contribution in [0.2, 0.25) is 0 Å². The van der Waals surface area contributed by atoms with Gasteiger partial charge in [0.2, 0.25) is 0 Å². The summed E-state index contributed by atoms with van der Waals surface area (Å²) < 4.78 is 3.98. The van der Waals surface area contributed by atoms with Crippen molar-refractivity contribution in [2.75, 3.05) is 0 Å². The highest BCUT2D eigenvalue weighted by molar-refractivity contribution is 14.1. The van der Waals surface area contributed by atoms with Crippen molar-refractivity contribution in [2.45, 2.75) is 67.2 Å². The van der Waals surface area contributed by atoms with E-state index in [1.54, 1.807) is 0 Å². The predicted octanol–water partition coefficient (Wildman–Crippen LogP) is 21.4. The molecule has 0 aliphatic heterocycles. The molecule has 6 heteroatoms. The maximum Gasteiger partial charge on any atom is 0.133 e. The van der Waals surface area contributed by atoms with Gasteiger partial charge in [-0.15, -0.1) is 0 Å². The van der Waals surface area contributed by atoms with Crippen LogP contribution in [0.4, 0.5) is 0 Å². The minimum Gasteiger partial charge on any atom is -0.507 e. The van der Waals surface area contributed by atoms with Crippen molar-refractivity contribution in [3.63, 3.8) is 0 Å². The molecule has 72 heavy (non-hydrogen) atoms. The molecule has 0 heterocycles. The Morgan fingerprint density at radius 3 is 1.07 bits per heavy atom. The zero-order chi connectivity index (χ0) is 51.9. The zero-order valence-corrected chi connectivity index (χ0v) is 50.8. The lowest BCUT2D eigenvalue weighted by molar-refractivity contribution is 0.462. The van der Waals surface area contributed by atoms with Gasteiger partial charge in [-0.2, -0.15) is 0 Å². The first-order valence-corrected chi connectivity index (χ1v) is 29.2. The average Bonchev–Trinajstić information content (AvgIpc) is 3.43. The lowest BCUT2D eigenvalue weighted by Crippen LogP contribution is -2.07. The van der Waals surface area contributed by atoms with Crippen LogP contribution >= 0.6 is 90.4 Å². The van der Waals surface area contributed by atoms with Crippen LogP contribution in [0.1, 0.15) is 101 Å². The molecule has 0 fully saturated rings. The SMILES string of the molecule is CC.CC.CC.CC.Oc1c(I)cc(I)cc1C(c1cccc2ccccc12)c1cccc2cc3ccccc3cc12.Oc1c(I)cc(I)cc1C(c1ccccc1)c1cccc2cc3ccccc3cc12. The summed E-state index contributed by atoms with van der Waals surface area (Å²) in [5.74, 6) is 0.554. The summed E-state index contributed by atoms with van der Waals surface area (Å²) in [5.41, 5.74) is 6.66. The third kappa shape index (κ3) is 12.6. The monoisotopic (exact) mass is 1390 g/mol. The van der Waals surface area contributed by atoms with Crippen molar-refractivity contribution in [1.29, 1.82) is 0 Å². The first-order valence-electron chi connectivity index (χ1n) is 24.9. The highest BCUT2D eigenvalue weighted by Gasteiger charge is 2.26. The van der Waals surface area contributed by atoms with Gasteiger partial charge in [-0.25, -0.2) is 0 Å². The molecule has 0 spiro atoms. The second-order valence-corrected chi connectivity index (χ2v) is 20.8. The summed E-state index contributed by atoms with van der Waals surface area (Å²) in [5, 5.41) is 34.6. The number of phenolic OH excluding ortho intramolecular Hbond substituents is 2. The number of halogens is 4. The number of aromatic hydroxyl groups is 2. The quantitative estimate of drug-likeness (QED) is 0.0990. The average molecular weight is 1390 g/mol. The molecule has 11 aromatic carbocycles. The van der Waals surface area contributed by atoms with E-state index in [0.717, 1.165) is 25.4 Å². The van der Waals surface area contributed by atoms with Crippen LogP contribution in [-0.4, -0.2) is 10.2 Å². The fraction of sp³-hybridized carbons (Fsp3) is 0.152. The van der Waals surface area contributed by atoms with Crippen molar-refractivity contribution >= 4 is 144 Å². The van der Waals surface area contributed by atoms with Gasteiger partial charge in [0.1, 0.15) is 11.5 Å². The number of hydrogen-bond acceptors (Lipinski definition) is 2. The lowest BCUT2D eigenvalue weighted by Gasteiger charge is -2.24. The highest BCUT2D eigenvalue weighted by atomic mass is 127. The molecule has 2 atom stereocenters. The van der Waals surface area contributed by atoms with Crippen molar-refractivity contribution in [1.82, 2.24) is 0 Å². The van der Waals surface area contributed by atoms with Crippen molar-refractivity contribution in [2.24, 2.45) is 0 Å². The summed E-state index contributed by atoms with van der Waals surface area (Å²) in [6.45, 7) is 16.0. The number of fused-ring (bicyclic) bond motifs is 5. The molecule has 0 aromatic heterocycles. The number of hydrogen-bond donors (Lipinski definition) is 2. The third-order valence-corrected chi connectivity index (χ3v) is 15.1. The van der Waals surface area contributed by atoms with E-state index in [1.807, 2.05) is 73.6 Å². The zero-order valence-electron chi connectivity index (χ0n) is 42.2. The van der Waals surface area contributed by atoms with E-state index in [9.17, 15) is 10.2 Å². The molecule has 0 aliphatic carbocycles. The fourth-order valence-corrected chi connectivity index (χ4v) is 13.1. The van der Waals surface area contributed by atoms with Crippen LogP contribution in [0.15, 0.2) is 206 Å². The van der Waals surface area contributed by atoms with Gasteiger partial charge in [0, 0.05) is 30.1 Å². The van der Waals surface area contributed by atoms with Crippen molar-refractivity contribution < 1.29 is 10.2 Å². The fourth-order valence-electron chi connectivity index (χ4n) is 9.27. The molecule has 0 bridgehead atoms. The third-order valence-electron chi connectivity index (χ3n) is 12.2. The van der Waals surface area contributed by atoms with Crippen LogP contribution in [0.3, 0.4) is 0 Å². The number of phenols is 2. The molecule has 2 nitrogen and oxygen atoms in total. The highest BCUT2D eigenvalue weighted by Crippen LogP contribution is 2.46. The molecule has 366 valence electrons. The van der Waals surface area contributed by atoms with E-state index in [-0.39, 0.29) is 11.8 Å². The van der Waals surface area contributed by atoms with E-state index >= 15 is 0 Å². The molecular formula is C66H62I4O2. The molecule has 11 aromatic rings. The van der Waals surface area contributed by atoms with Crippen molar-refractivity contribution in [3.8, 4) is 11.5 Å². The Kier molecular flexibility index (Phi) is 21.6. The van der Waals surface area contributed by atoms with Gasteiger partial charge in [-0.05, 0) is 215 Å². The Morgan fingerprint density at radius 2 is 0.611 bits per heavy atom. The lowest BCUT2D eigenvalue weighted by atomic mass is 9.80. The minimum absolute atomic E-state index is 0.0562. The minimum atomic E-state index is -0.112. The second-order valence-electron chi connectivity index (χ2n) is 16.0. The van der Waals surface area contributed by atoms with E-state index < -0.39 is 0 Å². The largest absolute Gasteiger partial charge is 0.507 e. The molecule has 0 aliphatic rings. The summed E-state index contributed by atoms with van der Waals surface area (Å²) in [4.78, 5) is 0. The first-order chi connectivity index (χ1) is 35.2. The molecular weight excluding hydrogens is 1330 g/mol. The van der Waals surface area contributed by atoms with E-state index in [2.05, 4.69) is 278 Å². The van der Waals surface area contributed by atoms with Crippen LogP contribution in [0, 0.1) is 14.3 Å². The Labute approximate surface area is 481 Å². The Bertz CT molecular complexity index is 3550. The van der Waals surface area contributed by atoms with Crippen LogP contribution in [0.5, 0.6) is 11.5 Å². The maximum atomic E-state index is 11.3. The maximum absolute atomic E-state index is 11.3. The van der Waals surface area contributed by atoms with Crippen LogP contribution in [-0.2, 0) is 0 Å². The molecule has 0 saturated carbocycles. The predicted molar refractivity (Wildman–Crippen MR) is 348 cm³/mol. The van der Waals surface area contributed by atoms with Gasteiger partial charge in [0.25, 0.3) is 0 Å². The summed E-state index contributed by atoms with van der Waals surface area (Å²) in [6.07, 6.45) is 0. The number of rotatable bonds is 6. The van der Waals surface area contributed by atoms with E-state index in [1.165, 1.54) is 76.1 Å². The smallest absolute Gasteiger partial charge is 0.133 e. The van der Waals surface area contributed by atoms with Crippen molar-refractivity contribution in [3.05, 3.63) is 254 Å². The summed E-state index contributed by atoms with van der Waals surface area (Å²) in [7, 11) is 0. The topological polar surface area (TPSA) is 40.5 Å². The molecule has 2 unspecified atom stereocenters. The first kappa shape index (κ1) is 56.5. The molecule has 0 saturated heterocycles. The second kappa shape index (κ2) is 27.5. The molecule has 0 amide bonds. The van der Waals surface area contributed by atoms with Crippen LogP contribution < -0.4 is 0 Å². The molecule has 0 radical (unpaired) electrons.